The minimum absolute atomic E-state index is 0.145. The summed E-state index contributed by atoms with van der Waals surface area (Å²) in [5.74, 6) is 1.14. The maximum atomic E-state index is 13.3. The number of hydrogen-bond acceptors (Lipinski definition) is 3. The van der Waals surface area contributed by atoms with Crippen molar-refractivity contribution in [3.05, 3.63) is 84.8 Å². The quantitative estimate of drug-likeness (QED) is 0.764. The van der Waals surface area contributed by atoms with Gasteiger partial charge in [-0.05, 0) is 65.8 Å². The Morgan fingerprint density at radius 3 is 3.00 bits per heavy atom. The first kappa shape index (κ1) is 15.4. The normalized spacial score (nSPS) is 22.0. The van der Waals surface area contributed by atoms with Gasteiger partial charge < -0.3 is 4.74 Å². The molecule has 4 aliphatic carbocycles. The number of allylic oxidation sites excluding steroid dienone is 8. The third-order valence-electron chi connectivity index (χ3n) is 6.21. The summed E-state index contributed by atoms with van der Waals surface area (Å²) in [7, 11) is 1.67. The number of fused-ring (bicyclic) bond motifs is 2. The van der Waals surface area contributed by atoms with Gasteiger partial charge in [0.25, 0.3) is 0 Å². The summed E-state index contributed by atoms with van der Waals surface area (Å²) in [6.45, 7) is 0. The molecule has 0 radical (unpaired) electrons. The molecule has 132 valence electrons. The van der Waals surface area contributed by atoms with Crippen molar-refractivity contribution in [3.8, 4) is 5.75 Å². The smallest absolute Gasteiger partial charge is 0.195 e. The van der Waals surface area contributed by atoms with Crippen molar-refractivity contribution in [1.29, 1.82) is 0 Å². The van der Waals surface area contributed by atoms with Crippen molar-refractivity contribution in [3.63, 3.8) is 0 Å². The molecule has 0 fully saturated rings. The van der Waals surface area contributed by atoms with E-state index >= 15 is 0 Å². The number of benzene rings is 1. The molecule has 1 aromatic heterocycles. The molecule has 0 aliphatic heterocycles. The Morgan fingerprint density at radius 2 is 2.11 bits per heavy atom. The van der Waals surface area contributed by atoms with Crippen LogP contribution in [0.15, 0.2) is 69.6 Å². The van der Waals surface area contributed by atoms with Crippen LogP contribution in [0.25, 0.3) is 21.7 Å². The third-order valence-corrected chi connectivity index (χ3v) is 7.46. The Labute approximate surface area is 160 Å². The summed E-state index contributed by atoms with van der Waals surface area (Å²) in [6.07, 6.45) is 14.4. The van der Waals surface area contributed by atoms with Crippen LogP contribution in [0.1, 0.15) is 19.3 Å². The second kappa shape index (κ2) is 5.43. The van der Waals surface area contributed by atoms with Gasteiger partial charge in [-0.2, -0.15) is 0 Å². The van der Waals surface area contributed by atoms with E-state index in [4.69, 9.17) is 4.74 Å². The zero-order chi connectivity index (χ0) is 18.1. The highest BCUT2D eigenvalue weighted by Crippen LogP contribution is 2.48. The number of rotatable bonds is 1. The van der Waals surface area contributed by atoms with Gasteiger partial charge in [0.2, 0.25) is 0 Å². The molecule has 0 saturated carbocycles. The number of hydrogen-bond donors (Lipinski definition) is 0. The molecule has 1 heterocycles. The average Bonchev–Trinajstić information content (AvgIpc) is 2.72. The minimum Gasteiger partial charge on any atom is -0.497 e. The van der Waals surface area contributed by atoms with Crippen molar-refractivity contribution < 1.29 is 4.74 Å². The van der Waals surface area contributed by atoms with Gasteiger partial charge in [0.1, 0.15) is 5.75 Å². The van der Waals surface area contributed by atoms with Crippen molar-refractivity contribution in [2.45, 2.75) is 19.3 Å². The largest absolute Gasteiger partial charge is 0.497 e. The summed E-state index contributed by atoms with van der Waals surface area (Å²) < 4.78 is 7.58. The molecule has 3 heteroatoms. The number of ether oxygens (including phenoxy) is 1. The molecule has 6 rings (SSSR count). The van der Waals surface area contributed by atoms with Gasteiger partial charge in [0.05, 0.1) is 7.11 Å². The van der Waals surface area contributed by atoms with E-state index in [9.17, 15) is 4.79 Å². The van der Waals surface area contributed by atoms with Crippen LogP contribution in [-0.4, -0.2) is 7.11 Å². The van der Waals surface area contributed by atoms with Crippen LogP contribution in [0.4, 0.5) is 0 Å². The molecule has 4 aliphatic rings. The van der Waals surface area contributed by atoms with Gasteiger partial charge >= 0.3 is 0 Å². The van der Waals surface area contributed by atoms with E-state index in [-0.39, 0.29) is 5.43 Å². The lowest BCUT2D eigenvalue weighted by Crippen LogP contribution is -2.44. The Kier molecular flexibility index (Phi) is 3.10. The van der Waals surface area contributed by atoms with E-state index in [1.807, 2.05) is 18.2 Å². The fraction of sp³-hybridized carbons (Fsp3) is 0.208. The highest BCUT2D eigenvalue weighted by molar-refractivity contribution is 7.16. The van der Waals surface area contributed by atoms with Crippen molar-refractivity contribution in [2.24, 2.45) is 5.92 Å². The molecule has 1 aromatic carbocycles. The van der Waals surface area contributed by atoms with Crippen molar-refractivity contribution >= 4 is 33.1 Å². The second-order valence-electron chi connectivity index (χ2n) is 7.55. The van der Waals surface area contributed by atoms with Crippen LogP contribution in [0, 0.1) is 5.92 Å². The fourth-order valence-corrected chi connectivity index (χ4v) is 6.24. The zero-order valence-electron chi connectivity index (χ0n) is 15.0. The van der Waals surface area contributed by atoms with E-state index in [2.05, 4.69) is 30.4 Å². The summed E-state index contributed by atoms with van der Waals surface area (Å²) >= 11 is 1.75. The molecular weight excluding hydrogens is 352 g/mol. The fourth-order valence-electron chi connectivity index (χ4n) is 4.97. The SMILES string of the molecule is COc1ccc2c(=O)c3c(sc2c1)=C1CCC2=C4C(=CC=C(C=3)C41)C=CC2. The van der Waals surface area contributed by atoms with Crippen molar-refractivity contribution in [1.82, 2.24) is 0 Å². The molecule has 0 bridgehead atoms. The minimum atomic E-state index is 0.145. The number of methoxy groups -OCH3 is 1. The topological polar surface area (TPSA) is 26.3 Å². The first-order valence-electron chi connectivity index (χ1n) is 9.41. The Balaban J connectivity index is 1.75. The van der Waals surface area contributed by atoms with Crippen LogP contribution in [0.3, 0.4) is 0 Å². The Hall–Kier alpha value is -2.65. The Bertz CT molecular complexity index is 1350. The predicted molar refractivity (Wildman–Crippen MR) is 111 cm³/mol. The van der Waals surface area contributed by atoms with Crippen LogP contribution in [-0.2, 0) is 0 Å². The maximum absolute atomic E-state index is 13.3. The summed E-state index contributed by atoms with van der Waals surface area (Å²) in [5.41, 5.74) is 7.30. The van der Waals surface area contributed by atoms with Crippen LogP contribution >= 0.6 is 11.3 Å². The summed E-state index contributed by atoms with van der Waals surface area (Å²) in [5, 5.41) is 1.67. The van der Waals surface area contributed by atoms with Crippen LogP contribution < -0.4 is 19.9 Å². The average molecular weight is 370 g/mol. The van der Waals surface area contributed by atoms with Crippen LogP contribution in [0.5, 0.6) is 5.75 Å². The first-order valence-corrected chi connectivity index (χ1v) is 10.2. The molecule has 27 heavy (non-hydrogen) atoms. The van der Waals surface area contributed by atoms with Crippen molar-refractivity contribution in [2.75, 3.05) is 7.11 Å². The molecule has 1 unspecified atom stereocenters. The van der Waals surface area contributed by atoms with E-state index in [1.54, 1.807) is 24.0 Å². The first-order chi connectivity index (χ1) is 13.2. The highest BCUT2D eigenvalue weighted by Gasteiger charge is 2.35. The van der Waals surface area contributed by atoms with E-state index in [0.717, 1.165) is 40.3 Å². The lowest BCUT2D eigenvalue weighted by molar-refractivity contribution is 0.415. The van der Waals surface area contributed by atoms with E-state index in [0.29, 0.717) is 5.92 Å². The predicted octanol–water partition coefficient (Wildman–Crippen LogP) is 3.75. The molecule has 1 atom stereocenters. The van der Waals surface area contributed by atoms with E-state index < -0.39 is 0 Å². The summed E-state index contributed by atoms with van der Waals surface area (Å²) in [6, 6.07) is 5.78. The van der Waals surface area contributed by atoms with Gasteiger partial charge in [-0.15, -0.1) is 11.3 Å². The van der Waals surface area contributed by atoms with Gasteiger partial charge in [-0.3, -0.25) is 4.79 Å². The van der Waals surface area contributed by atoms with Crippen LogP contribution in [0.2, 0.25) is 0 Å². The molecule has 2 aromatic rings. The lowest BCUT2D eigenvalue weighted by Gasteiger charge is -2.37. The standard InChI is InChI=1S/C24H18O2S/c1-26-16-8-10-17-20(12-16)27-24-18-9-7-14-4-2-3-13-5-6-15(22(18)21(13)14)11-19(24)23(17)25/h2-3,5-6,8,10-12,22H,4,7,9H2,1H3. The van der Waals surface area contributed by atoms with Gasteiger partial charge in [0.15, 0.2) is 5.43 Å². The van der Waals surface area contributed by atoms with E-state index in [1.165, 1.54) is 26.8 Å². The monoisotopic (exact) mass is 370 g/mol. The Morgan fingerprint density at radius 1 is 1.19 bits per heavy atom. The molecule has 0 amide bonds. The molecule has 0 N–H and O–H groups in total. The highest BCUT2D eigenvalue weighted by atomic mass is 32.1. The molecule has 0 spiro atoms. The molecule has 2 nitrogen and oxygen atoms in total. The lowest BCUT2D eigenvalue weighted by atomic mass is 9.67. The molecule has 0 saturated heterocycles. The maximum Gasteiger partial charge on any atom is 0.195 e. The third kappa shape index (κ3) is 2.03. The van der Waals surface area contributed by atoms with Gasteiger partial charge in [0, 0.05) is 25.8 Å². The second-order valence-corrected chi connectivity index (χ2v) is 8.60. The zero-order valence-corrected chi connectivity index (χ0v) is 15.9. The summed E-state index contributed by atoms with van der Waals surface area (Å²) in [4.78, 5) is 13.3. The molecular formula is C24H18O2S. The van der Waals surface area contributed by atoms with Gasteiger partial charge in [-0.1, -0.05) is 29.9 Å². The van der Waals surface area contributed by atoms with Gasteiger partial charge in [-0.25, -0.2) is 0 Å².